The van der Waals surface area contributed by atoms with Gasteiger partial charge in [-0.1, -0.05) is 30.3 Å². The number of pyridine rings is 1. The summed E-state index contributed by atoms with van der Waals surface area (Å²) in [5.41, 5.74) is 1.64. The number of hydrogen-bond acceptors (Lipinski definition) is 7. The minimum Gasteiger partial charge on any atom is -0.461 e. The number of allylic oxidation sites excluding steroid dienone is 1. The molecular weight excluding hydrogens is 565 g/mol. The number of hydrogen-bond donors (Lipinski definition) is 0. The summed E-state index contributed by atoms with van der Waals surface area (Å²) in [6, 6.07) is 9.37. The van der Waals surface area contributed by atoms with Gasteiger partial charge in [-0.05, 0) is 75.9 Å². The van der Waals surface area contributed by atoms with Crippen molar-refractivity contribution in [3.63, 3.8) is 0 Å². The number of halogens is 2. The minimum atomic E-state index is -0.394. The fourth-order valence-electron chi connectivity index (χ4n) is 8.31. The molecule has 3 aliphatic heterocycles. The SMILES string of the molecule is C=CC(=O)C1CC[C@@H]2[C@H]1CN2c1nc(OCC23CCCN2CCC3)nc2cc(-c3cncc4cccc(Cl)c34)c(F)cc12. The Bertz CT molecular complexity index is 1780. The third kappa shape index (κ3) is 4.25. The molecule has 0 bridgehead atoms. The zero-order valence-electron chi connectivity index (χ0n) is 23.9. The van der Waals surface area contributed by atoms with Crippen molar-refractivity contribution < 1.29 is 13.9 Å². The highest BCUT2D eigenvalue weighted by Crippen LogP contribution is 2.48. The predicted octanol–water partition coefficient (Wildman–Crippen LogP) is 6.61. The summed E-state index contributed by atoms with van der Waals surface area (Å²) >= 11 is 6.61. The van der Waals surface area contributed by atoms with Gasteiger partial charge in [0.05, 0.1) is 11.1 Å². The Kier molecular flexibility index (Phi) is 6.42. The lowest BCUT2D eigenvalue weighted by molar-refractivity contribution is -0.119. The molecule has 0 N–H and O–H groups in total. The van der Waals surface area contributed by atoms with Gasteiger partial charge >= 0.3 is 6.01 Å². The smallest absolute Gasteiger partial charge is 0.319 e. The van der Waals surface area contributed by atoms with Crippen molar-refractivity contribution >= 4 is 44.9 Å². The lowest BCUT2D eigenvalue weighted by Crippen LogP contribution is -2.56. The number of benzene rings is 2. The highest BCUT2D eigenvalue weighted by Gasteiger charge is 2.51. The van der Waals surface area contributed by atoms with Crippen LogP contribution in [0.25, 0.3) is 32.8 Å². The Morgan fingerprint density at radius 1 is 1.14 bits per heavy atom. The second-order valence-electron chi connectivity index (χ2n) is 12.6. The van der Waals surface area contributed by atoms with Crippen molar-refractivity contribution in [2.45, 2.75) is 50.1 Å². The number of anilines is 1. The molecule has 2 aromatic carbocycles. The van der Waals surface area contributed by atoms with Crippen LogP contribution in [0, 0.1) is 17.7 Å². The van der Waals surface area contributed by atoms with E-state index in [1.807, 2.05) is 12.1 Å². The van der Waals surface area contributed by atoms with E-state index in [1.165, 1.54) is 25.0 Å². The normalized spacial score (nSPS) is 24.2. The fraction of sp³-hybridized carbons (Fsp3) is 0.412. The Morgan fingerprint density at radius 3 is 2.79 bits per heavy atom. The topological polar surface area (TPSA) is 71.5 Å². The number of aromatic nitrogens is 3. The lowest BCUT2D eigenvalue weighted by Gasteiger charge is -2.47. The Hall–Kier alpha value is -3.62. The quantitative estimate of drug-likeness (QED) is 0.222. The van der Waals surface area contributed by atoms with Crippen LogP contribution in [0.4, 0.5) is 10.2 Å². The van der Waals surface area contributed by atoms with E-state index < -0.39 is 5.82 Å². The van der Waals surface area contributed by atoms with Crippen molar-refractivity contribution in [1.82, 2.24) is 19.9 Å². The van der Waals surface area contributed by atoms with Gasteiger partial charge in [0, 0.05) is 69.1 Å². The van der Waals surface area contributed by atoms with Crippen LogP contribution in [-0.2, 0) is 4.79 Å². The maximum atomic E-state index is 16.1. The maximum Gasteiger partial charge on any atom is 0.319 e. The van der Waals surface area contributed by atoms with E-state index in [2.05, 4.69) is 21.4 Å². The molecule has 9 heteroatoms. The van der Waals surface area contributed by atoms with Crippen LogP contribution < -0.4 is 9.64 Å². The van der Waals surface area contributed by atoms with Gasteiger partial charge in [0.1, 0.15) is 18.2 Å². The van der Waals surface area contributed by atoms with Crippen LogP contribution in [-0.4, -0.2) is 63.5 Å². The summed E-state index contributed by atoms with van der Waals surface area (Å²) in [5.74, 6) is 0.620. The van der Waals surface area contributed by atoms with Gasteiger partial charge in [-0.2, -0.15) is 9.97 Å². The summed E-state index contributed by atoms with van der Waals surface area (Å²) in [7, 11) is 0. The van der Waals surface area contributed by atoms with E-state index in [0.717, 1.165) is 49.5 Å². The molecule has 3 saturated heterocycles. The molecule has 0 radical (unpaired) electrons. The summed E-state index contributed by atoms with van der Waals surface area (Å²) in [6.07, 6.45) is 11.1. The number of ether oxygens (including phenoxy) is 1. The van der Waals surface area contributed by atoms with Crippen molar-refractivity contribution in [2.75, 3.05) is 31.1 Å². The van der Waals surface area contributed by atoms with Gasteiger partial charge in [-0.25, -0.2) is 4.39 Å². The molecule has 3 atom stereocenters. The fourth-order valence-corrected chi connectivity index (χ4v) is 8.59. The van der Waals surface area contributed by atoms with Gasteiger partial charge < -0.3 is 9.64 Å². The molecule has 1 unspecified atom stereocenters. The average Bonchev–Trinajstić information content (AvgIpc) is 3.68. The van der Waals surface area contributed by atoms with Crippen molar-refractivity contribution in [3.05, 3.63) is 66.2 Å². The molecule has 1 aliphatic carbocycles. The molecule has 8 rings (SSSR count). The lowest BCUT2D eigenvalue weighted by atomic mass is 9.83. The van der Waals surface area contributed by atoms with Gasteiger partial charge in [0.25, 0.3) is 0 Å². The molecule has 0 spiro atoms. The number of nitrogens with zero attached hydrogens (tertiary/aromatic N) is 5. The zero-order valence-corrected chi connectivity index (χ0v) is 24.7. The van der Waals surface area contributed by atoms with Crippen molar-refractivity contribution in [3.8, 4) is 17.1 Å². The molecule has 4 fully saturated rings. The van der Waals surface area contributed by atoms with E-state index in [-0.39, 0.29) is 29.2 Å². The first-order chi connectivity index (χ1) is 21.0. The number of carbonyl (C=O) groups is 1. The van der Waals surface area contributed by atoms with Crippen LogP contribution in [0.1, 0.15) is 38.5 Å². The Balaban J connectivity index is 1.22. The summed E-state index contributed by atoms with van der Waals surface area (Å²) in [5, 5.41) is 2.76. The van der Waals surface area contributed by atoms with Crippen LogP contribution in [0.15, 0.2) is 55.4 Å². The molecule has 1 saturated carbocycles. The first-order valence-corrected chi connectivity index (χ1v) is 15.7. The molecule has 220 valence electrons. The summed E-state index contributed by atoms with van der Waals surface area (Å²) < 4.78 is 22.5. The zero-order chi connectivity index (χ0) is 29.3. The molecular formula is C34H33ClFN5O2. The maximum absolute atomic E-state index is 16.1. The van der Waals surface area contributed by atoms with Crippen LogP contribution in [0.3, 0.4) is 0 Å². The highest BCUT2D eigenvalue weighted by molar-refractivity contribution is 6.36. The van der Waals surface area contributed by atoms with Crippen LogP contribution >= 0.6 is 11.6 Å². The van der Waals surface area contributed by atoms with E-state index in [4.69, 9.17) is 26.3 Å². The number of rotatable bonds is 7. The molecule has 7 nitrogen and oxygen atoms in total. The molecule has 4 aromatic rings. The summed E-state index contributed by atoms with van der Waals surface area (Å²) in [4.78, 5) is 31.4. The van der Waals surface area contributed by atoms with E-state index in [9.17, 15) is 4.79 Å². The van der Waals surface area contributed by atoms with Gasteiger partial charge in [0.15, 0.2) is 5.78 Å². The van der Waals surface area contributed by atoms with E-state index in [0.29, 0.717) is 52.0 Å². The van der Waals surface area contributed by atoms with Gasteiger partial charge in [-0.15, -0.1) is 0 Å². The second kappa shape index (κ2) is 10.2. The Morgan fingerprint density at radius 2 is 1.98 bits per heavy atom. The molecule has 4 aliphatic rings. The molecule has 0 amide bonds. The Labute approximate surface area is 254 Å². The van der Waals surface area contributed by atoms with E-state index in [1.54, 1.807) is 24.5 Å². The monoisotopic (exact) mass is 597 g/mol. The molecule has 5 heterocycles. The molecule has 43 heavy (non-hydrogen) atoms. The summed E-state index contributed by atoms with van der Waals surface area (Å²) in [6.45, 7) is 7.15. The average molecular weight is 598 g/mol. The van der Waals surface area contributed by atoms with Gasteiger partial charge in [0.2, 0.25) is 0 Å². The van der Waals surface area contributed by atoms with E-state index >= 15 is 4.39 Å². The number of fused-ring (bicyclic) bond motifs is 4. The number of ketones is 1. The third-order valence-electron chi connectivity index (χ3n) is 10.5. The first-order valence-electron chi connectivity index (χ1n) is 15.3. The first kappa shape index (κ1) is 27.0. The van der Waals surface area contributed by atoms with Crippen molar-refractivity contribution in [1.29, 1.82) is 0 Å². The van der Waals surface area contributed by atoms with Crippen LogP contribution in [0.5, 0.6) is 6.01 Å². The van der Waals surface area contributed by atoms with Gasteiger partial charge in [-0.3, -0.25) is 14.7 Å². The highest BCUT2D eigenvalue weighted by atomic mass is 35.5. The van der Waals surface area contributed by atoms with Crippen molar-refractivity contribution in [2.24, 2.45) is 11.8 Å². The standard InChI is InChI=1S/C34H33ClFN5O2/c1-2-30(42)21-8-9-29-25(21)18-41(29)32-23-14-27(36)22(24-17-37-16-20-6-3-7-26(35)31(20)24)15-28(23)38-33(39-32)43-19-34-10-4-12-40(34)13-5-11-34/h2-3,6-7,14-17,21,25,29H,1,4-5,8-13,18-19H2/t21?,25-,29+/m0/s1. The number of carbonyl (C=O) groups excluding carboxylic acids is 1. The third-order valence-corrected chi connectivity index (χ3v) is 10.8. The predicted molar refractivity (Wildman–Crippen MR) is 166 cm³/mol. The second-order valence-corrected chi connectivity index (χ2v) is 13.0. The largest absolute Gasteiger partial charge is 0.461 e. The van der Waals surface area contributed by atoms with Crippen LogP contribution in [0.2, 0.25) is 5.02 Å². The minimum absolute atomic E-state index is 0.00987. The molecule has 2 aromatic heterocycles.